The maximum atomic E-state index is 12.9. The van der Waals surface area contributed by atoms with E-state index in [4.69, 9.17) is 4.74 Å². The molecule has 0 aliphatic heterocycles. The molecule has 0 saturated heterocycles. The van der Waals surface area contributed by atoms with Gasteiger partial charge in [0.15, 0.2) is 6.61 Å². The summed E-state index contributed by atoms with van der Waals surface area (Å²) in [4.78, 5) is 11.0. The van der Waals surface area contributed by atoms with Crippen molar-refractivity contribution in [2.45, 2.75) is 12.7 Å². The van der Waals surface area contributed by atoms with Crippen molar-refractivity contribution in [3.05, 3.63) is 29.3 Å². The van der Waals surface area contributed by atoms with E-state index in [1.54, 1.807) is 7.05 Å². The van der Waals surface area contributed by atoms with Crippen LogP contribution in [0.1, 0.15) is 11.1 Å². The van der Waals surface area contributed by atoms with Crippen LogP contribution in [-0.2, 0) is 17.5 Å². The van der Waals surface area contributed by atoms with Crippen LogP contribution >= 0.6 is 0 Å². The third-order valence-electron chi connectivity index (χ3n) is 2.37. The molecule has 0 fully saturated rings. The summed E-state index contributed by atoms with van der Waals surface area (Å²) < 4.78 is 43.5. The smallest absolute Gasteiger partial charge is 0.419 e. The van der Waals surface area contributed by atoms with Crippen molar-refractivity contribution in [2.24, 2.45) is 0 Å². The van der Waals surface area contributed by atoms with Crippen LogP contribution in [0.3, 0.4) is 0 Å². The van der Waals surface area contributed by atoms with Gasteiger partial charge in [0.25, 0.3) is 5.91 Å². The predicted octanol–water partition coefficient (Wildman–Crippen LogP) is 1.55. The minimum absolute atomic E-state index is 0.318. The molecule has 0 saturated carbocycles. The number of alkyl halides is 3. The van der Waals surface area contributed by atoms with Gasteiger partial charge in [0.1, 0.15) is 5.75 Å². The fourth-order valence-corrected chi connectivity index (χ4v) is 1.45. The second-order valence-corrected chi connectivity index (χ2v) is 3.82. The van der Waals surface area contributed by atoms with Gasteiger partial charge >= 0.3 is 6.18 Å². The summed E-state index contributed by atoms with van der Waals surface area (Å²) in [5, 5.41) is 5.04. The van der Waals surface area contributed by atoms with Crippen LogP contribution < -0.4 is 15.4 Å². The molecule has 1 rings (SSSR count). The summed E-state index contributed by atoms with van der Waals surface area (Å²) in [6, 6.07) is 3.75. The molecular weight excluding hydrogens is 261 g/mol. The van der Waals surface area contributed by atoms with Gasteiger partial charge in [-0.25, -0.2) is 0 Å². The lowest BCUT2D eigenvalue weighted by Gasteiger charge is -2.15. The topological polar surface area (TPSA) is 50.4 Å². The normalized spacial score (nSPS) is 11.2. The Hall–Kier alpha value is -1.76. The molecule has 4 nitrogen and oxygen atoms in total. The summed E-state index contributed by atoms with van der Waals surface area (Å²) in [5.74, 6) is -0.844. The highest BCUT2D eigenvalue weighted by Crippen LogP contribution is 2.36. The molecule has 0 aromatic heterocycles. The van der Waals surface area contributed by atoms with Crippen LogP contribution in [0.5, 0.6) is 5.75 Å². The van der Waals surface area contributed by atoms with Crippen molar-refractivity contribution in [1.29, 1.82) is 0 Å². The first-order valence-electron chi connectivity index (χ1n) is 5.56. The Morgan fingerprint density at radius 2 is 2.00 bits per heavy atom. The SMILES string of the molecule is CNCc1ccc(OCC(=O)NC)c(C(F)(F)F)c1. The Kier molecular flexibility index (Phi) is 5.17. The summed E-state index contributed by atoms with van der Waals surface area (Å²) in [6.45, 7) is -0.135. The van der Waals surface area contributed by atoms with E-state index < -0.39 is 24.3 Å². The number of carbonyl (C=O) groups excluding carboxylic acids is 1. The van der Waals surface area contributed by atoms with E-state index in [-0.39, 0.29) is 5.75 Å². The van der Waals surface area contributed by atoms with E-state index in [0.717, 1.165) is 6.07 Å². The van der Waals surface area contributed by atoms with Crippen molar-refractivity contribution in [3.8, 4) is 5.75 Å². The van der Waals surface area contributed by atoms with Crippen LogP contribution in [-0.4, -0.2) is 26.6 Å². The highest BCUT2D eigenvalue weighted by Gasteiger charge is 2.34. The number of hydrogen-bond donors (Lipinski definition) is 2. The second kappa shape index (κ2) is 6.42. The zero-order valence-corrected chi connectivity index (χ0v) is 10.6. The largest absolute Gasteiger partial charge is 0.483 e. The quantitative estimate of drug-likeness (QED) is 0.858. The molecule has 0 atom stereocenters. The van der Waals surface area contributed by atoms with Crippen molar-refractivity contribution < 1.29 is 22.7 Å². The lowest BCUT2D eigenvalue weighted by molar-refractivity contribution is -0.139. The third-order valence-corrected chi connectivity index (χ3v) is 2.37. The standard InChI is InChI=1S/C12H15F3N2O2/c1-16-6-8-3-4-10(19-7-11(18)17-2)9(5-8)12(13,14)15/h3-5,16H,6-7H2,1-2H3,(H,17,18). The highest BCUT2D eigenvalue weighted by atomic mass is 19.4. The summed E-state index contributed by atoms with van der Waals surface area (Å²) in [7, 11) is 3.02. The Bertz CT molecular complexity index is 447. The van der Waals surface area contributed by atoms with E-state index in [2.05, 4.69) is 10.6 Å². The summed E-state index contributed by atoms with van der Waals surface area (Å²) >= 11 is 0. The van der Waals surface area contributed by atoms with Crippen LogP contribution in [0, 0.1) is 0 Å². The van der Waals surface area contributed by atoms with Crippen molar-refractivity contribution in [3.63, 3.8) is 0 Å². The first-order valence-corrected chi connectivity index (χ1v) is 5.56. The van der Waals surface area contributed by atoms with Gasteiger partial charge in [0.05, 0.1) is 5.56 Å². The average Bonchev–Trinajstić information content (AvgIpc) is 2.36. The predicted molar refractivity (Wildman–Crippen MR) is 63.8 cm³/mol. The number of nitrogens with one attached hydrogen (secondary N) is 2. The van der Waals surface area contributed by atoms with Gasteiger partial charge in [0, 0.05) is 13.6 Å². The van der Waals surface area contributed by atoms with Crippen LogP contribution in [0.15, 0.2) is 18.2 Å². The van der Waals surface area contributed by atoms with Crippen LogP contribution in [0.2, 0.25) is 0 Å². The maximum absolute atomic E-state index is 12.9. The number of halogens is 3. The molecule has 0 spiro atoms. The first-order chi connectivity index (χ1) is 8.88. The molecule has 0 aliphatic rings. The second-order valence-electron chi connectivity index (χ2n) is 3.82. The Balaban J connectivity index is 2.99. The number of rotatable bonds is 5. The van der Waals surface area contributed by atoms with Gasteiger partial charge in [-0.05, 0) is 24.7 Å². The van der Waals surface area contributed by atoms with E-state index >= 15 is 0 Å². The monoisotopic (exact) mass is 276 g/mol. The summed E-state index contributed by atoms with van der Waals surface area (Å²) in [5.41, 5.74) is -0.397. The van der Waals surface area contributed by atoms with E-state index in [1.165, 1.54) is 19.2 Å². The van der Waals surface area contributed by atoms with E-state index in [0.29, 0.717) is 12.1 Å². The number of ether oxygens (including phenoxy) is 1. The molecular formula is C12H15F3N2O2. The average molecular weight is 276 g/mol. The maximum Gasteiger partial charge on any atom is 0.419 e. The number of amides is 1. The van der Waals surface area contributed by atoms with Gasteiger partial charge in [-0.2, -0.15) is 13.2 Å². The molecule has 1 aromatic rings. The zero-order valence-electron chi connectivity index (χ0n) is 10.6. The number of carbonyl (C=O) groups is 1. The van der Waals surface area contributed by atoms with Crippen LogP contribution in [0.25, 0.3) is 0 Å². The summed E-state index contributed by atoms with van der Waals surface area (Å²) in [6.07, 6.45) is -4.53. The zero-order chi connectivity index (χ0) is 14.5. The molecule has 0 heterocycles. The van der Waals surface area contributed by atoms with E-state index in [1.807, 2.05) is 0 Å². The molecule has 0 bridgehead atoms. The Morgan fingerprint density at radius 3 is 2.53 bits per heavy atom. The van der Waals surface area contributed by atoms with Gasteiger partial charge in [-0.1, -0.05) is 6.07 Å². The number of benzene rings is 1. The minimum atomic E-state index is -4.53. The van der Waals surface area contributed by atoms with Gasteiger partial charge in [-0.3, -0.25) is 4.79 Å². The number of likely N-dealkylation sites (N-methyl/N-ethyl adjacent to an activating group) is 1. The Labute approximate surface area is 108 Å². The molecule has 7 heteroatoms. The molecule has 0 radical (unpaired) electrons. The molecule has 0 aliphatic carbocycles. The van der Waals surface area contributed by atoms with Gasteiger partial charge < -0.3 is 15.4 Å². The highest BCUT2D eigenvalue weighted by molar-refractivity contribution is 5.77. The molecule has 106 valence electrons. The minimum Gasteiger partial charge on any atom is -0.483 e. The molecule has 1 amide bonds. The van der Waals surface area contributed by atoms with Crippen molar-refractivity contribution in [1.82, 2.24) is 10.6 Å². The third kappa shape index (κ3) is 4.44. The van der Waals surface area contributed by atoms with Crippen molar-refractivity contribution >= 4 is 5.91 Å². The molecule has 19 heavy (non-hydrogen) atoms. The van der Waals surface area contributed by atoms with E-state index in [9.17, 15) is 18.0 Å². The van der Waals surface area contributed by atoms with Crippen molar-refractivity contribution in [2.75, 3.05) is 20.7 Å². The van der Waals surface area contributed by atoms with Gasteiger partial charge in [-0.15, -0.1) is 0 Å². The first kappa shape index (κ1) is 15.3. The Morgan fingerprint density at radius 1 is 1.32 bits per heavy atom. The lowest BCUT2D eigenvalue weighted by Crippen LogP contribution is -2.25. The molecule has 1 aromatic carbocycles. The lowest BCUT2D eigenvalue weighted by atomic mass is 10.1. The van der Waals surface area contributed by atoms with Gasteiger partial charge in [0.2, 0.25) is 0 Å². The molecule has 0 unspecified atom stereocenters. The van der Waals surface area contributed by atoms with Crippen LogP contribution in [0.4, 0.5) is 13.2 Å². The fourth-order valence-electron chi connectivity index (χ4n) is 1.45. The number of hydrogen-bond acceptors (Lipinski definition) is 3. The molecule has 2 N–H and O–H groups in total. The fraction of sp³-hybridized carbons (Fsp3) is 0.417.